The molecule has 1 heterocycles. The molecule has 22 heavy (non-hydrogen) atoms. The zero-order valence-corrected chi connectivity index (χ0v) is 13.8. The molecule has 0 bridgehead atoms. The van der Waals surface area contributed by atoms with Crippen molar-refractivity contribution in [2.45, 2.75) is 57.9 Å². The van der Waals surface area contributed by atoms with E-state index in [0.29, 0.717) is 18.1 Å². The number of unbranched alkanes of at least 4 members (excludes halogenated alkanes) is 5. The third kappa shape index (κ3) is 4.60. The molecular weight excluding hydrogens is 281 g/mol. The first-order valence-electron chi connectivity index (χ1n) is 8.47. The Morgan fingerprint density at radius 2 is 2.00 bits per heavy atom. The van der Waals surface area contributed by atoms with Crippen LogP contribution < -0.4 is 14.8 Å². The number of ether oxygens (including phenoxy) is 2. The van der Waals surface area contributed by atoms with Crippen molar-refractivity contribution >= 4 is 0 Å². The fraction of sp³-hybridized carbons (Fsp3) is 0.667. The lowest BCUT2D eigenvalue weighted by Gasteiger charge is -2.27. The van der Waals surface area contributed by atoms with Gasteiger partial charge in [-0.1, -0.05) is 39.0 Å². The van der Waals surface area contributed by atoms with Gasteiger partial charge < -0.3 is 14.8 Å². The third-order valence-corrected chi connectivity index (χ3v) is 4.23. The first kappa shape index (κ1) is 17.1. The van der Waals surface area contributed by atoms with E-state index in [4.69, 9.17) is 9.47 Å². The molecule has 0 radical (unpaired) electrons. The zero-order valence-electron chi connectivity index (χ0n) is 13.8. The topological polar surface area (TPSA) is 30.5 Å². The summed E-state index contributed by atoms with van der Waals surface area (Å²) in [6.07, 6.45) is 8.50. The monoisotopic (exact) mass is 309 g/mol. The molecule has 1 aliphatic heterocycles. The Kier molecular flexibility index (Phi) is 6.97. The lowest BCUT2D eigenvalue weighted by Crippen LogP contribution is -2.40. The predicted octanol–water partition coefficient (Wildman–Crippen LogP) is 4.09. The number of rotatable bonds is 9. The van der Waals surface area contributed by atoms with Gasteiger partial charge in [0.25, 0.3) is 0 Å². The lowest BCUT2D eigenvalue weighted by molar-refractivity contribution is 0.224. The first-order chi connectivity index (χ1) is 10.8. The van der Waals surface area contributed by atoms with Gasteiger partial charge in [0, 0.05) is 11.6 Å². The molecule has 1 atom stereocenters. The van der Waals surface area contributed by atoms with Crippen LogP contribution in [0.1, 0.15) is 51.0 Å². The van der Waals surface area contributed by atoms with Gasteiger partial charge in [-0.15, -0.1) is 0 Å². The van der Waals surface area contributed by atoms with Gasteiger partial charge in [-0.2, -0.15) is 0 Å². The molecular formula is C18H28FNO2. The van der Waals surface area contributed by atoms with Crippen molar-refractivity contribution in [3.05, 3.63) is 23.5 Å². The van der Waals surface area contributed by atoms with E-state index < -0.39 is 0 Å². The van der Waals surface area contributed by atoms with Crippen LogP contribution in [-0.2, 0) is 6.42 Å². The lowest BCUT2D eigenvalue weighted by atomic mass is 10.0. The van der Waals surface area contributed by atoms with Crippen LogP contribution in [0, 0.1) is 5.82 Å². The minimum Gasteiger partial charge on any atom is -0.496 e. The van der Waals surface area contributed by atoms with Crippen LogP contribution in [0.2, 0.25) is 0 Å². The minimum atomic E-state index is -0.301. The molecule has 1 unspecified atom stereocenters. The summed E-state index contributed by atoms with van der Waals surface area (Å²) in [5.74, 6) is 0.768. The molecule has 0 saturated carbocycles. The van der Waals surface area contributed by atoms with E-state index in [9.17, 15) is 4.39 Å². The van der Waals surface area contributed by atoms with E-state index in [2.05, 4.69) is 12.2 Å². The van der Waals surface area contributed by atoms with Crippen LogP contribution in [0.5, 0.6) is 11.5 Å². The Bertz CT molecular complexity index is 465. The van der Waals surface area contributed by atoms with Gasteiger partial charge in [0.1, 0.15) is 12.4 Å². The summed E-state index contributed by atoms with van der Waals surface area (Å²) in [5, 5.41) is 3.52. The molecule has 1 aromatic carbocycles. The smallest absolute Gasteiger partial charge is 0.165 e. The number of nitrogens with one attached hydrogen (secondary N) is 1. The van der Waals surface area contributed by atoms with Gasteiger partial charge in [-0.3, -0.25) is 0 Å². The maximum Gasteiger partial charge on any atom is 0.165 e. The molecule has 1 aliphatic rings. The number of fused-ring (bicyclic) bond motifs is 1. The van der Waals surface area contributed by atoms with Gasteiger partial charge in [-0.05, 0) is 31.5 Å². The van der Waals surface area contributed by atoms with Crippen molar-refractivity contribution in [3.8, 4) is 11.5 Å². The Hall–Kier alpha value is -1.29. The maximum atomic E-state index is 13.8. The fourth-order valence-corrected chi connectivity index (χ4v) is 2.95. The van der Waals surface area contributed by atoms with Gasteiger partial charge in [0.05, 0.1) is 7.11 Å². The molecule has 0 aromatic heterocycles. The second-order valence-electron chi connectivity index (χ2n) is 5.99. The quantitative estimate of drug-likeness (QED) is 0.697. The summed E-state index contributed by atoms with van der Waals surface area (Å²) < 4.78 is 24.7. The molecule has 0 saturated heterocycles. The maximum absolute atomic E-state index is 13.8. The molecule has 3 nitrogen and oxygen atoms in total. The number of benzene rings is 1. The summed E-state index contributed by atoms with van der Waals surface area (Å²) in [6, 6.07) is 3.31. The van der Waals surface area contributed by atoms with E-state index in [-0.39, 0.29) is 11.9 Å². The highest BCUT2D eigenvalue weighted by molar-refractivity contribution is 5.47. The summed E-state index contributed by atoms with van der Waals surface area (Å²) in [7, 11) is 1.61. The molecule has 2 rings (SSSR count). The largest absolute Gasteiger partial charge is 0.496 e. The molecule has 1 N–H and O–H groups in total. The number of hydrogen-bond donors (Lipinski definition) is 1. The second-order valence-corrected chi connectivity index (χ2v) is 5.99. The highest BCUT2D eigenvalue weighted by Crippen LogP contribution is 2.35. The third-order valence-electron chi connectivity index (χ3n) is 4.23. The Balaban J connectivity index is 1.76. The SMILES string of the molecule is CCCCCCCCNC1COc2c(F)ccc(OC)c2C1. The molecule has 0 spiro atoms. The van der Waals surface area contributed by atoms with Crippen LogP contribution in [0.25, 0.3) is 0 Å². The van der Waals surface area contributed by atoms with Gasteiger partial charge in [-0.25, -0.2) is 4.39 Å². The summed E-state index contributed by atoms with van der Waals surface area (Å²) in [4.78, 5) is 0. The number of halogens is 1. The number of hydrogen-bond acceptors (Lipinski definition) is 3. The average Bonchev–Trinajstić information content (AvgIpc) is 2.54. The predicted molar refractivity (Wildman–Crippen MR) is 87.3 cm³/mol. The van der Waals surface area contributed by atoms with Gasteiger partial charge in [0.2, 0.25) is 0 Å². The van der Waals surface area contributed by atoms with Crippen molar-refractivity contribution < 1.29 is 13.9 Å². The van der Waals surface area contributed by atoms with Crippen molar-refractivity contribution in [2.24, 2.45) is 0 Å². The Labute approximate surface area is 133 Å². The van der Waals surface area contributed by atoms with E-state index >= 15 is 0 Å². The van der Waals surface area contributed by atoms with Crippen molar-refractivity contribution in [1.29, 1.82) is 0 Å². The van der Waals surface area contributed by atoms with Crippen LogP contribution >= 0.6 is 0 Å². The fourth-order valence-electron chi connectivity index (χ4n) is 2.95. The van der Waals surface area contributed by atoms with Crippen molar-refractivity contribution in [2.75, 3.05) is 20.3 Å². The van der Waals surface area contributed by atoms with E-state index in [1.807, 2.05) is 0 Å². The van der Waals surface area contributed by atoms with Gasteiger partial charge in [0.15, 0.2) is 11.6 Å². The normalized spacial score (nSPS) is 17.0. The summed E-state index contributed by atoms with van der Waals surface area (Å²) >= 11 is 0. The van der Waals surface area contributed by atoms with Crippen LogP contribution in [0.3, 0.4) is 0 Å². The standard InChI is InChI=1S/C18H28FNO2/c1-3-4-5-6-7-8-11-20-14-12-15-17(21-2)10-9-16(19)18(15)22-13-14/h9-10,14,20H,3-8,11-13H2,1-2H3. The highest BCUT2D eigenvalue weighted by Gasteiger charge is 2.25. The highest BCUT2D eigenvalue weighted by atomic mass is 19.1. The molecule has 0 aliphatic carbocycles. The average molecular weight is 309 g/mol. The van der Waals surface area contributed by atoms with E-state index in [1.165, 1.54) is 44.6 Å². The minimum absolute atomic E-state index is 0.235. The molecule has 1 aromatic rings. The van der Waals surface area contributed by atoms with Crippen molar-refractivity contribution in [1.82, 2.24) is 5.32 Å². The number of methoxy groups -OCH3 is 1. The van der Waals surface area contributed by atoms with Gasteiger partial charge >= 0.3 is 0 Å². The zero-order chi connectivity index (χ0) is 15.8. The summed E-state index contributed by atoms with van der Waals surface area (Å²) in [5.41, 5.74) is 0.842. The van der Waals surface area contributed by atoms with E-state index in [1.54, 1.807) is 13.2 Å². The second kappa shape index (κ2) is 8.99. The summed E-state index contributed by atoms with van der Waals surface area (Å²) in [6.45, 7) is 3.75. The molecule has 124 valence electrons. The van der Waals surface area contributed by atoms with Crippen LogP contribution in [0.15, 0.2) is 12.1 Å². The first-order valence-corrected chi connectivity index (χ1v) is 8.47. The van der Waals surface area contributed by atoms with Crippen LogP contribution in [-0.4, -0.2) is 26.3 Å². The van der Waals surface area contributed by atoms with E-state index in [0.717, 1.165) is 18.5 Å². The van der Waals surface area contributed by atoms with Crippen molar-refractivity contribution in [3.63, 3.8) is 0 Å². The Morgan fingerprint density at radius 3 is 2.77 bits per heavy atom. The Morgan fingerprint density at radius 1 is 1.23 bits per heavy atom. The van der Waals surface area contributed by atoms with Crippen LogP contribution in [0.4, 0.5) is 4.39 Å². The molecule has 0 amide bonds. The molecule has 0 fully saturated rings. The molecule has 4 heteroatoms.